The predicted molar refractivity (Wildman–Crippen MR) is 50.1 cm³/mol. The average Bonchev–Trinajstić information content (AvgIpc) is 2.23. The highest BCUT2D eigenvalue weighted by atomic mass is 32.2. The second-order valence-electron chi connectivity index (χ2n) is 3.86. The summed E-state index contributed by atoms with van der Waals surface area (Å²) in [5.74, 6) is 0. The molecule has 1 saturated carbocycles. The summed E-state index contributed by atoms with van der Waals surface area (Å²) in [5, 5.41) is 1.16. The quantitative estimate of drug-likeness (QED) is 0.598. The Hall–Kier alpha value is -0.550. The molecule has 2 aliphatic rings. The highest BCUT2D eigenvalue weighted by Gasteiger charge is 2.42. The van der Waals surface area contributed by atoms with Gasteiger partial charge in [0.1, 0.15) is 0 Å². The van der Waals surface area contributed by atoms with Gasteiger partial charge in [-0.25, -0.2) is 8.42 Å². The number of nitrogens with one attached hydrogen (secondary N) is 1. The summed E-state index contributed by atoms with van der Waals surface area (Å²) in [6, 6.07) is 0. The van der Waals surface area contributed by atoms with Gasteiger partial charge < -0.3 is 5.73 Å². The zero-order chi connectivity index (χ0) is 9.53. The third-order valence-corrected chi connectivity index (χ3v) is 4.12. The number of sulfonamides is 1. The van der Waals surface area contributed by atoms with Crippen molar-refractivity contribution >= 4 is 10.0 Å². The van der Waals surface area contributed by atoms with Crippen LogP contribution in [-0.2, 0) is 10.0 Å². The predicted octanol–water partition coefficient (Wildman–Crippen LogP) is 0.422. The van der Waals surface area contributed by atoms with Crippen molar-refractivity contribution in [3.63, 3.8) is 0 Å². The van der Waals surface area contributed by atoms with Gasteiger partial charge in [0.05, 0.1) is 10.9 Å². The second kappa shape index (κ2) is 2.72. The van der Waals surface area contributed by atoms with Crippen LogP contribution in [0.2, 0.25) is 0 Å². The van der Waals surface area contributed by atoms with E-state index < -0.39 is 15.6 Å². The second-order valence-corrected chi connectivity index (χ2v) is 5.39. The Labute approximate surface area is 78.2 Å². The van der Waals surface area contributed by atoms with E-state index in [1.807, 2.05) is 0 Å². The minimum Gasteiger partial charge on any atom is -0.400 e. The van der Waals surface area contributed by atoms with E-state index in [9.17, 15) is 8.42 Å². The maximum absolute atomic E-state index is 11.2. The largest absolute Gasteiger partial charge is 0.400 e. The topological polar surface area (TPSA) is 72.2 Å². The molecule has 5 heteroatoms. The molecular weight excluding hydrogens is 188 g/mol. The van der Waals surface area contributed by atoms with Gasteiger partial charge in [0.25, 0.3) is 0 Å². The fraction of sp³-hybridized carbons (Fsp3) is 0.750. The molecule has 0 aromatic rings. The first-order valence-corrected chi connectivity index (χ1v) is 6.10. The van der Waals surface area contributed by atoms with Crippen molar-refractivity contribution < 1.29 is 8.42 Å². The van der Waals surface area contributed by atoms with E-state index in [4.69, 9.17) is 5.73 Å². The molecule has 13 heavy (non-hydrogen) atoms. The smallest absolute Gasteiger partial charge is 0.236 e. The maximum Gasteiger partial charge on any atom is 0.236 e. The molecule has 0 aromatic heterocycles. The lowest BCUT2D eigenvalue weighted by Gasteiger charge is -2.33. The van der Waals surface area contributed by atoms with Crippen LogP contribution in [0.25, 0.3) is 0 Å². The van der Waals surface area contributed by atoms with E-state index in [1.165, 1.54) is 11.8 Å². The van der Waals surface area contributed by atoms with Gasteiger partial charge in [-0.05, 0) is 12.8 Å². The molecule has 1 heterocycles. The normalized spacial score (nSPS) is 30.3. The van der Waals surface area contributed by atoms with Gasteiger partial charge in [0.15, 0.2) is 0 Å². The van der Waals surface area contributed by atoms with Gasteiger partial charge in [0.2, 0.25) is 10.0 Å². The van der Waals surface area contributed by atoms with E-state index in [1.54, 1.807) is 0 Å². The lowest BCUT2D eigenvalue weighted by Crippen LogP contribution is -2.47. The first kappa shape index (κ1) is 9.02. The minimum atomic E-state index is -3.24. The molecule has 3 N–H and O–H groups in total. The van der Waals surface area contributed by atoms with Crippen LogP contribution in [0.4, 0.5) is 0 Å². The van der Waals surface area contributed by atoms with E-state index in [2.05, 4.69) is 4.72 Å². The average molecular weight is 202 g/mol. The molecule has 0 bridgehead atoms. The number of nitrogens with two attached hydrogens (primary N) is 1. The first-order valence-electron chi connectivity index (χ1n) is 4.56. The standard InChI is InChI=1S/C8H14N2O2S/c9-7-6-13(11,12)10-8(7)4-2-1-3-5-8/h6,10H,1-5,9H2. The van der Waals surface area contributed by atoms with Crippen LogP contribution in [0.5, 0.6) is 0 Å². The van der Waals surface area contributed by atoms with Crippen molar-refractivity contribution in [2.24, 2.45) is 5.73 Å². The van der Waals surface area contributed by atoms with Crippen LogP contribution in [0.3, 0.4) is 0 Å². The van der Waals surface area contributed by atoms with Crippen LogP contribution in [0.15, 0.2) is 11.1 Å². The highest BCUT2D eigenvalue weighted by Crippen LogP contribution is 2.36. The molecular formula is C8H14N2O2S. The summed E-state index contributed by atoms with van der Waals surface area (Å²) in [6.45, 7) is 0. The molecule has 0 aromatic carbocycles. The third-order valence-electron chi connectivity index (χ3n) is 2.88. The monoisotopic (exact) mass is 202 g/mol. The van der Waals surface area contributed by atoms with E-state index >= 15 is 0 Å². The molecule has 1 aliphatic carbocycles. The van der Waals surface area contributed by atoms with Crippen molar-refractivity contribution in [3.8, 4) is 0 Å². The number of hydrogen-bond donors (Lipinski definition) is 2. The molecule has 0 atom stereocenters. The summed E-state index contributed by atoms with van der Waals surface area (Å²) < 4.78 is 25.1. The lowest BCUT2D eigenvalue weighted by atomic mass is 9.81. The molecule has 1 aliphatic heterocycles. The zero-order valence-corrected chi connectivity index (χ0v) is 8.23. The molecule has 0 unspecified atom stereocenters. The number of hydrogen-bond acceptors (Lipinski definition) is 3. The Kier molecular flexibility index (Phi) is 1.89. The summed E-state index contributed by atoms with van der Waals surface area (Å²) in [4.78, 5) is 0. The Bertz CT molecular complexity index is 339. The van der Waals surface area contributed by atoms with E-state index in [-0.39, 0.29) is 0 Å². The molecule has 74 valence electrons. The van der Waals surface area contributed by atoms with Crippen LogP contribution in [0.1, 0.15) is 32.1 Å². The minimum absolute atomic E-state index is 0.433. The fourth-order valence-corrected chi connectivity index (χ4v) is 3.67. The Morgan fingerprint density at radius 2 is 1.92 bits per heavy atom. The molecule has 0 radical (unpaired) electrons. The molecule has 2 rings (SSSR count). The molecule has 0 amide bonds. The zero-order valence-electron chi connectivity index (χ0n) is 7.41. The third kappa shape index (κ3) is 1.46. The van der Waals surface area contributed by atoms with Crippen LogP contribution < -0.4 is 10.5 Å². The van der Waals surface area contributed by atoms with Gasteiger partial charge in [-0.15, -0.1) is 0 Å². The molecule has 4 nitrogen and oxygen atoms in total. The summed E-state index contributed by atoms with van der Waals surface area (Å²) >= 11 is 0. The maximum atomic E-state index is 11.2. The van der Waals surface area contributed by atoms with E-state index in [0.717, 1.165) is 25.7 Å². The molecule has 1 spiro atoms. The Morgan fingerprint density at radius 3 is 2.38 bits per heavy atom. The SMILES string of the molecule is NC1=CS(=O)(=O)NC12CCCCC2. The summed E-state index contributed by atoms with van der Waals surface area (Å²) in [7, 11) is -3.24. The van der Waals surface area contributed by atoms with Crippen molar-refractivity contribution in [2.45, 2.75) is 37.6 Å². The molecule has 0 saturated heterocycles. The summed E-state index contributed by atoms with van der Waals surface area (Å²) in [5.41, 5.74) is 5.80. The lowest BCUT2D eigenvalue weighted by molar-refractivity contribution is 0.318. The van der Waals surface area contributed by atoms with Gasteiger partial charge in [-0.1, -0.05) is 19.3 Å². The van der Waals surface area contributed by atoms with Crippen molar-refractivity contribution in [3.05, 3.63) is 11.1 Å². The fourth-order valence-electron chi connectivity index (χ4n) is 2.19. The molecule has 1 fully saturated rings. The van der Waals surface area contributed by atoms with Crippen molar-refractivity contribution in [1.29, 1.82) is 0 Å². The van der Waals surface area contributed by atoms with Gasteiger partial charge in [0, 0.05) is 5.70 Å². The van der Waals surface area contributed by atoms with Gasteiger partial charge in [-0.3, -0.25) is 0 Å². The number of rotatable bonds is 0. The Balaban J connectivity index is 2.31. The van der Waals surface area contributed by atoms with Crippen molar-refractivity contribution in [2.75, 3.05) is 0 Å². The first-order chi connectivity index (χ1) is 6.04. The van der Waals surface area contributed by atoms with Crippen LogP contribution >= 0.6 is 0 Å². The van der Waals surface area contributed by atoms with Crippen molar-refractivity contribution in [1.82, 2.24) is 4.72 Å². The highest BCUT2D eigenvalue weighted by molar-refractivity contribution is 7.92. The van der Waals surface area contributed by atoms with Gasteiger partial charge >= 0.3 is 0 Å². The van der Waals surface area contributed by atoms with E-state index in [0.29, 0.717) is 5.70 Å². The summed E-state index contributed by atoms with van der Waals surface area (Å²) in [6.07, 6.45) is 4.97. The van der Waals surface area contributed by atoms with Crippen LogP contribution in [0, 0.1) is 0 Å². The Morgan fingerprint density at radius 1 is 1.31 bits per heavy atom. The van der Waals surface area contributed by atoms with Gasteiger partial charge in [-0.2, -0.15) is 4.72 Å². The van der Waals surface area contributed by atoms with Crippen LogP contribution in [-0.4, -0.2) is 14.0 Å².